The van der Waals surface area contributed by atoms with E-state index in [2.05, 4.69) is 12.2 Å². The fraction of sp³-hybridized carbons (Fsp3) is 0.300. The molecule has 1 atom stereocenters. The van der Waals surface area contributed by atoms with Crippen molar-refractivity contribution in [3.8, 4) is 11.3 Å². The fourth-order valence-corrected chi connectivity index (χ4v) is 2.67. The molecule has 2 heterocycles. The van der Waals surface area contributed by atoms with Crippen LogP contribution in [0.5, 0.6) is 0 Å². The Bertz CT molecular complexity index is 878. The summed E-state index contributed by atoms with van der Waals surface area (Å²) < 4.78 is 1.89. The van der Waals surface area contributed by atoms with E-state index < -0.39 is 0 Å². The van der Waals surface area contributed by atoms with Crippen molar-refractivity contribution >= 4 is 11.6 Å². The minimum absolute atomic E-state index is 0.0852. The summed E-state index contributed by atoms with van der Waals surface area (Å²) in [5, 5.41) is 3.07. The molecule has 4 nitrogen and oxygen atoms in total. The van der Waals surface area contributed by atoms with Gasteiger partial charge in [0.25, 0.3) is 5.91 Å². The molecule has 24 heavy (non-hydrogen) atoms. The van der Waals surface area contributed by atoms with Crippen LogP contribution in [0.4, 0.5) is 0 Å². The molecular formula is C20H23N3O. The van der Waals surface area contributed by atoms with E-state index in [1.807, 2.05) is 67.8 Å². The summed E-state index contributed by atoms with van der Waals surface area (Å²) in [5.41, 5.74) is 5.33. The van der Waals surface area contributed by atoms with Crippen molar-refractivity contribution in [1.82, 2.24) is 14.7 Å². The number of fused-ring (bicyclic) bond motifs is 1. The van der Waals surface area contributed by atoms with E-state index in [1.165, 1.54) is 5.56 Å². The number of hydrogen-bond acceptors (Lipinski definition) is 2. The van der Waals surface area contributed by atoms with Crippen LogP contribution in [0.3, 0.4) is 0 Å². The minimum atomic E-state index is -0.0852. The van der Waals surface area contributed by atoms with Gasteiger partial charge in [0.2, 0.25) is 0 Å². The van der Waals surface area contributed by atoms with Gasteiger partial charge in [0.15, 0.2) is 0 Å². The number of carbonyl (C=O) groups excluding carboxylic acids is 1. The van der Waals surface area contributed by atoms with Crippen LogP contribution < -0.4 is 5.32 Å². The third-order valence-electron chi connectivity index (χ3n) is 4.30. The SMILES string of the molecule is CCC(C)NC(=O)c1c(-c2ccc(C)cc2)nc2ccc(C)cn12. The zero-order chi connectivity index (χ0) is 17.3. The van der Waals surface area contributed by atoms with E-state index in [9.17, 15) is 4.79 Å². The molecule has 3 aromatic rings. The fourth-order valence-electron chi connectivity index (χ4n) is 2.67. The number of hydrogen-bond donors (Lipinski definition) is 1. The van der Waals surface area contributed by atoms with Gasteiger partial charge in [-0.3, -0.25) is 9.20 Å². The molecule has 0 bridgehead atoms. The number of rotatable bonds is 4. The van der Waals surface area contributed by atoms with Gasteiger partial charge >= 0.3 is 0 Å². The molecule has 0 fully saturated rings. The third-order valence-corrected chi connectivity index (χ3v) is 4.30. The molecule has 3 rings (SSSR count). The number of nitrogens with zero attached hydrogens (tertiary/aromatic N) is 2. The summed E-state index contributed by atoms with van der Waals surface area (Å²) in [6.07, 6.45) is 2.85. The zero-order valence-electron chi connectivity index (χ0n) is 14.6. The lowest BCUT2D eigenvalue weighted by molar-refractivity contribution is 0.0934. The standard InChI is InChI=1S/C20H23N3O/c1-5-15(4)21-20(24)19-18(16-9-6-13(2)7-10-16)22-17-11-8-14(3)12-23(17)19/h6-12,15H,5H2,1-4H3,(H,21,24). The predicted octanol–water partition coefficient (Wildman–Crippen LogP) is 4.15. The summed E-state index contributed by atoms with van der Waals surface area (Å²) in [5.74, 6) is -0.0852. The topological polar surface area (TPSA) is 46.4 Å². The molecule has 0 radical (unpaired) electrons. The second kappa shape index (κ2) is 6.48. The van der Waals surface area contributed by atoms with Crippen LogP contribution >= 0.6 is 0 Å². The first-order valence-corrected chi connectivity index (χ1v) is 8.36. The normalized spacial score (nSPS) is 12.3. The van der Waals surface area contributed by atoms with E-state index >= 15 is 0 Å². The van der Waals surface area contributed by atoms with Crippen LogP contribution in [0.15, 0.2) is 42.6 Å². The first-order valence-electron chi connectivity index (χ1n) is 8.36. The maximum Gasteiger partial charge on any atom is 0.270 e. The lowest BCUT2D eigenvalue weighted by atomic mass is 10.1. The molecular weight excluding hydrogens is 298 g/mol. The Morgan fingerprint density at radius 3 is 2.46 bits per heavy atom. The zero-order valence-corrected chi connectivity index (χ0v) is 14.6. The first kappa shape index (κ1) is 16.2. The molecule has 0 saturated heterocycles. The number of carbonyl (C=O) groups is 1. The van der Waals surface area contributed by atoms with Gasteiger partial charge in [-0.1, -0.05) is 42.8 Å². The van der Waals surface area contributed by atoms with Crippen LogP contribution in [0.25, 0.3) is 16.9 Å². The largest absolute Gasteiger partial charge is 0.348 e. The highest BCUT2D eigenvalue weighted by atomic mass is 16.2. The summed E-state index contributed by atoms with van der Waals surface area (Å²) in [4.78, 5) is 17.6. The predicted molar refractivity (Wildman–Crippen MR) is 97.3 cm³/mol. The Labute approximate surface area is 142 Å². The van der Waals surface area contributed by atoms with Crippen molar-refractivity contribution in [2.75, 3.05) is 0 Å². The van der Waals surface area contributed by atoms with Gasteiger partial charge in [0.05, 0.1) is 0 Å². The van der Waals surface area contributed by atoms with Gasteiger partial charge in [-0.15, -0.1) is 0 Å². The highest BCUT2D eigenvalue weighted by Gasteiger charge is 2.21. The highest BCUT2D eigenvalue weighted by Crippen LogP contribution is 2.25. The Kier molecular flexibility index (Phi) is 4.38. The lowest BCUT2D eigenvalue weighted by Gasteiger charge is -2.12. The first-order chi connectivity index (χ1) is 11.5. The average molecular weight is 321 g/mol. The summed E-state index contributed by atoms with van der Waals surface area (Å²) in [7, 11) is 0. The van der Waals surface area contributed by atoms with E-state index in [0.29, 0.717) is 5.69 Å². The lowest BCUT2D eigenvalue weighted by Crippen LogP contribution is -2.33. The second-order valence-electron chi connectivity index (χ2n) is 6.39. The number of amides is 1. The molecule has 1 unspecified atom stereocenters. The van der Waals surface area contributed by atoms with Gasteiger partial charge in [-0.2, -0.15) is 0 Å². The van der Waals surface area contributed by atoms with Gasteiger partial charge in [-0.05, 0) is 38.8 Å². The number of imidazole rings is 1. The Hall–Kier alpha value is -2.62. The molecule has 0 spiro atoms. The number of nitrogens with one attached hydrogen (secondary N) is 1. The van der Waals surface area contributed by atoms with Crippen molar-refractivity contribution in [3.05, 3.63) is 59.4 Å². The number of aromatic nitrogens is 2. The van der Waals surface area contributed by atoms with Crippen LogP contribution in [-0.4, -0.2) is 21.3 Å². The molecule has 0 aliphatic heterocycles. The number of benzene rings is 1. The molecule has 1 N–H and O–H groups in total. The molecule has 1 aromatic carbocycles. The average Bonchev–Trinajstić information content (AvgIpc) is 2.93. The van der Waals surface area contributed by atoms with E-state index in [0.717, 1.165) is 28.9 Å². The van der Waals surface area contributed by atoms with Crippen molar-refractivity contribution in [1.29, 1.82) is 0 Å². The van der Waals surface area contributed by atoms with E-state index in [1.54, 1.807) is 0 Å². The third kappa shape index (κ3) is 3.04. The summed E-state index contributed by atoms with van der Waals surface area (Å²) in [6.45, 7) is 8.14. The highest BCUT2D eigenvalue weighted by molar-refractivity contribution is 5.99. The summed E-state index contributed by atoms with van der Waals surface area (Å²) in [6, 6.07) is 12.2. The van der Waals surface area contributed by atoms with Gasteiger partial charge in [-0.25, -0.2) is 4.98 Å². The molecule has 0 saturated carbocycles. The maximum absolute atomic E-state index is 12.9. The molecule has 1 amide bonds. The molecule has 124 valence electrons. The Morgan fingerprint density at radius 2 is 1.79 bits per heavy atom. The van der Waals surface area contributed by atoms with Crippen LogP contribution in [0.2, 0.25) is 0 Å². The Morgan fingerprint density at radius 1 is 1.12 bits per heavy atom. The maximum atomic E-state index is 12.9. The van der Waals surface area contributed by atoms with Crippen molar-refractivity contribution in [3.63, 3.8) is 0 Å². The molecule has 2 aromatic heterocycles. The van der Waals surface area contributed by atoms with Crippen molar-refractivity contribution in [2.24, 2.45) is 0 Å². The van der Waals surface area contributed by atoms with Crippen molar-refractivity contribution in [2.45, 2.75) is 40.2 Å². The number of aryl methyl sites for hydroxylation is 2. The quantitative estimate of drug-likeness (QED) is 0.785. The Balaban J connectivity index is 2.18. The van der Waals surface area contributed by atoms with E-state index in [-0.39, 0.29) is 11.9 Å². The van der Waals surface area contributed by atoms with Gasteiger partial charge in [0.1, 0.15) is 17.0 Å². The smallest absolute Gasteiger partial charge is 0.270 e. The molecule has 4 heteroatoms. The van der Waals surface area contributed by atoms with Crippen molar-refractivity contribution < 1.29 is 4.79 Å². The van der Waals surface area contributed by atoms with Gasteiger partial charge < -0.3 is 5.32 Å². The molecule has 0 aliphatic rings. The minimum Gasteiger partial charge on any atom is -0.348 e. The van der Waals surface area contributed by atoms with Crippen LogP contribution in [0.1, 0.15) is 41.9 Å². The summed E-state index contributed by atoms with van der Waals surface area (Å²) >= 11 is 0. The molecule has 0 aliphatic carbocycles. The monoisotopic (exact) mass is 321 g/mol. The van der Waals surface area contributed by atoms with Crippen LogP contribution in [0, 0.1) is 13.8 Å². The second-order valence-corrected chi connectivity index (χ2v) is 6.39. The van der Waals surface area contributed by atoms with E-state index in [4.69, 9.17) is 4.98 Å². The van der Waals surface area contributed by atoms with Crippen LogP contribution in [-0.2, 0) is 0 Å². The van der Waals surface area contributed by atoms with Gasteiger partial charge in [0, 0.05) is 17.8 Å². The number of pyridine rings is 1.